The molecule has 2 aromatic rings. The highest BCUT2D eigenvalue weighted by atomic mass is 32.2. The Morgan fingerprint density at radius 3 is 2.42 bits per heavy atom. The van der Waals surface area contributed by atoms with Gasteiger partial charge < -0.3 is 13.8 Å². The van der Waals surface area contributed by atoms with E-state index in [1.165, 1.54) is 24.1 Å². The van der Waals surface area contributed by atoms with E-state index < -0.39 is 26.8 Å². The van der Waals surface area contributed by atoms with Crippen molar-refractivity contribution < 1.29 is 35.3 Å². The van der Waals surface area contributed by atoms with Crippen molar-refractivity contribution in [3.63, 3.8) is 0 Å². The first kappa shape index (κ1) is 24.7. The molecule has 0 aliphatic rings. The van der Waals surface area contributed by atoms with Crippen LogP contribution >= 0.6 is 0 Å². The van der Waals surface area contributed by atoms with Gasteiger partial charge in [0.2, 0.25) is 5.91 Å². The summed E-state index contributed by atoms with van der Waals surface area (Å²) in [6, 6.07) is 9.32. The van der Waals surface area contributed by atoms with Crippen molar-refractivity contribution in [3.05, 3.63) is 59.7 Å². The summed E-state index contributed by atoms with van der Waals surface area (Å²) in [5, 5.41) is 0. The van der Waals surface area contributed by atoms with Crippen molar-refractivity contribution in [2.45, 2.75) is 43.9 Å². The van der Waals surface area contributed by atoms with Gasteiger partial charge in [0.05, 0.1) is 5.56 Å². The second-order valence-corrected chi connectivity index (χ2v) is 8.43. The SMILES string of the molecule is CC[C@H](C)N(Cc1ccccc1OS(=O)(=O)c1cccc(C(F)(F)F)c1)C(=O)COC. The molecule has 0 spiro atoms. The number of para-hydroxylation sites is 1. The summed E-state index contributed by atoms with van der Waals surface area (Å²) in [7, 11) is -3.14. The average molecular weight is 459 g/mol. The summed E-state index contributed by atoms with van der Waals surface area (Å²) < 4.78 is 74.3. The second-order valence-electron chi connectivity index (χ2n) is 6.88. The van der Waals surface area contributed by atoms with Crippen LogP contribution in [0.3, 0.4) is 0 Å². The Morgan fingerprint density at radius 2 is 1.81 bits per heavy atom. The van der Waals surface area contributed by atoms with Gasteiger partial charge in [-0.25, -0.2) is 0 Å². The topological polar surface area (TPSA) is 72.9 Å². The van der Waals surface area contributed by atoms with Gasteiger partial charge in [-0.2, -0.15) is 21.6 Å². The van der Waals surface area contributed by atoms with Crippen LogP contribution in [0.4, 0.5) is 13.2 Å². The Kier molecular flexibility index (Phi) is 8.08. The molecule has 0 saturated heterocycles. The molecule has 0 fully saturated rings. The van der Waals surface area contributed by atoms with E-state index in [0.717, 1.165) is 18.2 Å². The molecular formula is C21H24F3NO5S. The lowest BCUT2D eigenvalue weighted by Gasteiger charge is -2.29. The highest BCUT2D eigenvalue weighted by Crippen LogP contribution is 2.31. The van der Waals surface area contributed by atoms with Crippen molar-refractivity contribution in [2.75, 3.05) is 13.7 Å². The smallest absolute Gasteiger partial charge is 0.379 e. The molecule has 0 N–H and O–H groups in total. The summed E-state index contributed by atoms with van der Waals surface area (Å²) in [4.78, 5) is 13.3. The van der Waals surface area contributed by atoms with Gasteiger partial charge in [-0.15, -0.1) is 0 Å². The van der Waals surface area contributed by atoms with Crippen LogP contribution in [-0.2, 0) is 32.4 Å². The van der Waals surface area contributed by atoms with Gasteiger partial charge >= 0.3 is 16.3 Å². The van der Waals surface area contributed by atoms with Gasteiger partial charge in [0.25, 0.3) is 0 Å². The number of amides is 1. The summed E-state index contributed by atoms with van der Waals surface area (Å²) in [6.07, 6.45) is -4.04. The summed E-state index contributed by atoms with van der Waals surface area (Å²) in [5.74, 6) is -0.356. The van der Waals surface area contributed by atoms with E-state index in [1.54, 1.807) is 12.1 Å². The largest absolute Gasteiger partial charge is 0.416 e. The molecular weight excluding hydrogens is 435 g/mol. The van der Waals surface area contributed by atoms with E-state index in [1.807, 2.05) is 13.8 Å². The summed E-state index contributed by atoms with van der Waals surface area (Å²) >= 11 is 0. The molecule has 0 bridgehead atoms. The predicted molar refractivity (Wildman–Crippen MR) is 108 cm³/mol. The Hall–Kier alpha value is -2.59. The number of hydrogen-bond donors (Lipinski definition) is 0. The molecule has 0 unspecified atom stereocenters. The summed E-state index contributed by atoms with van der Waals surface area (Å²) in [6.45, 7) is 3.65. The van der Waals surface area contributed by atoms with E-state index in [4.69, 9.17) is 8.92 Å². The molecule has 1 atom stereocenters. The van der Waals surface area contributed by atoms with Crippen molar-refractivity contribution in [2.24, 2.45) is 0 Å². The number of carbonyl (C=O) groups excluding carboxylic acids is 1. The lowest BCUT2D eigenvalue weighted by Crippen LogP contribution is -2.40. The third kappa shape index (κ3) is 6.44. The maximum Gasteiger partial charge on any atom is 0.416 e. The van der Waals surface area contributed by atoms with Crippen molar-refractivity contribution in [1.82, 2.24) is 4.90 Å². The monoisotopic (exact) mass is 459 g/mol. The molecule has 31 heavy (non-hydrogen) atoms. The van der Waals surface area contributed by atoms with Gasteiger partial charge in [0, 0.05) is 25.3 Å². The van der Waals surface area contributed by atoms with Gasteiger partial charge in [0.15, 0.2) is 0 Å². The molecule has 2 rings (SSSR count). The van der Waals surface area contributed by atoms with Crippen LogP contribution in [0.15, 0.2) is 53.4 Å². The second kappa shape index (κ2) is 10.1. The molecule has 170 valence electrons. The maximum atomic E-state index is 13.0. The Balaban J connectivity index is 2.36. The highest BCUT2D eigenvalue weighted by Gasteiger charge is 2.32. The van der Waals surface area contributed by atoms with Gasteiger partial charge in [-0.05, 0) is 37.6 Å². The van der Waals surface area contributed by atoms with Crippen molar-refractivity contribution >= 4 is 16.0 Å². The van der Waals surface area contributed by atoms with Gasteiger partial charge in [0.1, 0.15) is 17.3 Å². The minimum Gasteiger partial charge on any atom is -0.379 e. The molecule has 10 heteroatoms. The normalized spacial score (nSPS) is 13.0. The number of halogens is 3. The van der Waals surface area contributed by atoms with Crippen LogP contribution in [0.5, 0.6) is 5.75 Å². The predicted octanol–water partition coefficient (Wildman–Crippen LogP) is 4.25. The highest BCUT2D eigenvalue weighted by molar-refractivity contribution is 7.87. The van der Waals surface area contributed by atoms with Crippen LogP contribution in [0, 0.1) is 0 Å². The fourth-order valence-corrected chi connectivity index (χ4v) is 3.82. The van der Waals surface area contributed by atoms with Gasteiger partial charge in [-0.1, -0.05) is 31.2 Å². The van der Waals surface area contributed by atoms with E-state index in [-0.39, 0.29) is 30.9 Å². The Morgan fingerprint density at radius 1 is 1.13 bits per heavy atom. The van der Waals surface area contributed by atoms with Crippen LogP contribution in [0.25, 0.3) is 0 Å². The number of benzene rings is 2. The quantitative estimate of drug-likeness (QED) is 0.525. The van der Waals surface area contributed by atoms with E-state index in [2.05, 4.69) is 0 Å². The number of carbonyl (C=O) groups is 1. The zero-order chi connectivity index (χ0) is 23.2. The van der Waals surface area contributed by atoms with Crippen LogP contribution in [-0.4, -0.2) is 39.0 Å². The fourth-order valence-electron chi connectivity index (χ4n) is 2.81. The molecule has 0 heterocycles. The van der Waals surface area contributed by atoms with E-state index >= 15 is 0 Å². The number of hydrogen-bond acceptors (Lipinski definition) is 5. The van der Waals surface area contributed by atoms with Crippen molar-refractivity contribution in [3.8, 4) is 5.75 Å². The number of alkyl halides is 3. The molecule has 0 aliphatic heterocycles. The van der Waals surface area contributed by atoms with Crippen molar-refractivity contribution in [1.29, 1.82) is 0 Å². The van der Waals surface area contributed by atoms with Crippen LogP contribution in [0.1, 0.15) is 31.4 Å². The first-order valence-electron chi connectivity index (χ1n) is 9.47. The molecule has 0 saturated carbocycles. The standard InChI is InChI=1S/C21H24F3NO5S/c1-4-15(2)25(20(26)14-29-3)13-16-8-5-6-11-19(16)30-31(27,28)18-10-7-9-17(12-18)21(22,23)24/h5-12,15H,4,13-14H2,1-3H3/t15-/m0/s1. The first-order valence-corrected chi connectivity index (χ1v) is 10.9. The number of nitrogens with zero attached hydrogens (tertiary/aromatic N) is 1. The average Bonchev–Trinajstić information content (AvgIpc) is 2.72. The zero-order valence-electron chi connectivity index (χ0n) is 17.3. The Labute approximate surface area is 179 Å². The third-order valence-corrected chi connectivity index (χ3v) is 5.90. The maximum absolute atomic E-state index is 13.0. The zero-order valence-corrected chi connectivity index (χ0v) is 18.2. The number of methoxy groups -OCH3 is 1. The Bertz CT molecular complexity index is 1010. The molecule has 1 amide bonds. The minimum atomic E-state index is -4.69. The molecule has 6 nitrogen and oxygen atoms in total. The van der Waals surface area contributed by atoms with Crippen LogP contribution < -0.4 is 4.18 Å². The summed E-state index contributed by atoms with van der Waals surface area (Å²) in [5.41, 5.74) is -0.707. The molecule has 0 aromatic heterocycles. The molecule has 2 aromatic carbocycles. The first-order chi connectivity index (χ1) is 14.5. The lowest BCUT2D eigenvalue weighted by molar-refractivity contribution is -0.138. The van der Waals surface area contributed by atoms with E-state index in [0.29, 0.717) is 18.1 Å². The third-order valence-electron chi connectivity index (χ3n) is 4.67. The van der Waals surface area contributed by atoms with Crippen LogP contribution in [0.2, 0.25) is 0 Å². The molecule has 0 aliphatic carbocycles. The fraction of sp³-hybridized carbons (Fsp3) is 0.381. The lowest BCUT2D eigenvalue weighted by atomic mass is 10.1. The van der Waals surface area contributed by atoms with Gasteiger partial charge in [-0.3, -0.25) is 4.79 Å². The van der Waals surface area contributed by atoms with E-state index in [9.17, 15) is 26.4 Å². The number of rotatable bonds is 9. The minimum absolute atomic E-state index is 0.0471. The molecule has 0 radical (unpaired) electrons. The number of ether oxygens (including phenoxy) is 1.